The van der Waals surface area contributed by atoms with Crippen molar-refractivity contribution in [1.82, 2.24) is 0 Å². The fourth-order valence-electron chi connectivity index (χ4n) is 6.75. The molecule has 28 heavy (non-hydrogen) atoms. The van der Waals surface area contributed by atoms with Crippen molar-refractivity contribution in [2.24, 2.45) is 28.6 Å². The second kappa shape index (κ2) is 7.35. The molecule has 0 amide bonds. The quantitative estimate of drug-likeness (QED) is 0.446. The fraction of sp³-hybridized carbons (Fsp3) is 0.762. The monoisotopic (exact) mass is 412 g/mol. The third kappa shape index (κ3) is 3.86. The van der Waals surface area contributed by atoms with Crippen LogP contribution in [0.15, 0.2) is 23.3 Å². The first kappa shape index (κ1) is 21.7. The molecule has 4 rings (SSSR count). The highest BCUT2D eigenvalue weighted by Gasteiger charge is 2.57. The molecule has 0 spiro atoms. The van der Waals surface area contributed by atoms with Crippen LogP contribution < -0.4 is 0 Å². The number of carbonyl (C=O) groups is 1. The highest BCUT2D eigenvalue weighted by molar-refractivity contribution is 7.79. The zero-order chi connectivity index (χ0) is 20.9. The van der Waals surface area contributed by atoms with Gasteiger partial charge in [-0.3, -0.25) is 13.9 Å². The molecular formula is C21H32O6S. The van der Waals surface area contributed by atoms with E-state index in [9.17, 15) is 9.90 Å². The van der Waals surface area contributed by atoms with Crippen LogP contribution in [0.3, 0.4) is 0 Å². The molecule has 0 aromatic carbocycles. The molecule has 4 aliphatic rings. The standard InChI is InChI=1S/C21H30O2.H2O4S/c1-13(22)17-6-7-18-16-5-4-14-12-15(23)8-10-20(14,2)19(16)9-11-21(17,18)3;1-5(2,3)4/h4,6,15-16,18-19,23H,5,7-12H2,1-3H3;(H2,1,2,3,4)/t15?,16-,18-,19-,20-,21+;/m0./s1. The van der Waals surface area contributed by atoms with Crippen LogP contribution in [-0.4, -0.2) is 34.5 Å². The van der Waals surface area contributed by atoms with Gasteiger partial charge in [-0.05, 0) is 86.0 Å². The van der Waals surface area contributed by atoms with E-state index in [0.717, 1.165) is 50.0 Å². The summed E-state index contributed by atoms with van der Waals surface area (Å²) in [6, 6.07) is 0. The van der Waals surface area contributed by atoms with E-state index in [1.807, 2.05) is 0 Å². The number of Topliss-reactive ketones (excluding diaryl/α,β-unsaturated/α-hetero) is 1. The summed E-state index contributed by atoms with van der Waals surface area (Å²) in [5.41, 5.74) is 3.05. The largest absolute Gasteiger partial charge is 0.394 e. The van der Waals surface area contributed by atoms with Crippen molar-refractivity contribution in [2.75, 3.05) is 0 Å². The summed E-state index contributed by atoms with van der Waals surface area (Å²) in [6.07, 6.45) is 12.2. The van der Waals surface area contributed by atoms with E-state index in [0.29, 0.717) is 17.3 Å². The van der Waals surface area contributed by atoms with Crippen LogP contribution in [-0.2, 0) is 15.2 Å². The number of carbonyl (C=O) groups excluding carboxylic acids is 1. The maximum Gasteiger partial charge on any atom is 0.394 e. The van der Waals surface area contributed by atoms with Gasteiger partial charge in [0, 0.05) is 0 Å². The zero-order valence-corrected chi connectivity index (χ0v) is 17.7. The van der Waals surface area contributed by atoms with Gasteiger partial charge < -0.3 is 5.11 Å². The maximum absolute atomic E-state index is 12.1. The van der Waals surface area contributed by atoms with Crippen LogP contribution in [0.2, 0.25) is 0 Å². The second-order valence-corrected chi connectivity index (χ2v) is 10.4. The molecule has 0 saturated heterocycles. The van der Waals surface area contributed by atoms with Crippen LogP contribution >= 0.6 is 0 Å². The Morgan fingerprint density at radius 1 is 1.04 bits per heavy atom. The van der Waals surface area contributed by atoms with E-state index in [4.69, 9.17) is 17.5 Å². The van der Waals surface area contributed by atoms with E-state index < -0.39 is 10.4 Å². The van der Waals surface area contributed by atoms with Crippen LogP contribution in [0.1, 0.15) is 65.7 Å². The highest BCUT2D eigenvalue weighted by atomic mass is 32.3. The predicted octanol–water partition coefficient (Wildman–Crippen LogP) is 3.78. The lowest BCUT2D eigenvalue weighted by molar-refractivity contribution is -0.115. The van der Waals surface area contributed by atoms with Gasteiger partial charge in [0.1, 0.15) is 0 Å². The number of ketones is 1. The minimum absolute atomic E-state index is 0.114. The Hall–Kier alpha value is -1.02. The van der Waals surface area contributed by atoms with Gasteiger partial charge in [-0.15, -0.1) is 0 Å². The Bertz CT molecular complexity index is 805. The first-order chi connectivity index (χ1) is 12.9. The molecule has 7 heteroatoms. The van der Waals surface area contributed by atoms with E-state index in [1.165, 1.54) is 12.0 Å². The normalized spacial score (nSPS) is 42.1. The van der Waals surface area contributed by atoms with Gasteiger partial charge in [0.05, 0.1) is 6.10 Å². The molecule has 3 N–H and O–H groups in total. The van der Waals surface area contributed by atoms with Gasteiger partial charge in [0.2, 0.25) is 0 Å². The lowest BCUT2D eigenvalue weighted by Crippen LogP contribution is -2.50. The lowest BCUT2D eigenvalue weighted by Gasteiger charge is -2.57. The van der Waals surface area contributed by atoms with Crippen LogP contribution in [0, 0.1) is 28.6 Å². The predicted molar refractivity (Wildman–Crippen MR) is 106 cm³/mol. The molecule has 0 aromatic heterocycles. The molecule has 158 valence electrons. The minimum atomic E-state index is -4.67. The van der Waals surface area contributed by atoms with Crippen molar-refractivity contribution < 1.29 is 27.4 Å². The molecule has 4 aliphatic carbocycles. The first-order valence-corrected chi connectivity index (χ1v) is 11.5. The number of hydrogen-bond acceptors (Lipinski definition) is 4. The van der Waals surface area contributed by atoms with Crippen molar-refractivity contribution in [3.05, 3.63) is 23.3 Å². The third-order valence-electron chi connectivity index (χ3n) is 8.04. The molecule has 1 unspecified atom stereocenters. The Balaban J connectivity index is 0.000000403. The van der Waals surface area contributed by atoms with Crippen LogP contribution in [0.25, 0.3) is 0 Å². The van der Waals surface area contributed by atoms with Gasteiger partial charge in [0.15, 0.2) is 5.78 Å². The lowest BCUT2D eigenvalue weighted by atomic mass is 9.47. The topological polar surface area (TPSA) is 112 Å². The average Bonchev–Trinajstić information content (AvgIpc) is 2.91. The Morgan fingerprint density at radius 3 is 2.25 bits per heavy atom. The first-order valence-electron chi connectivity index (χ1n) is 10.2. The smallest absolute Gasteiger partial charge is 0.393 e. The molecule has 6 nitrogen and oxygen atoms in total. The molecule has 2 fully saturated rings. The Kier molecular flexibility index (Phi) is 5.69. The van der Waals surface area contributed by atoms with Gasteiger partial charge in [0.25, 0.3) is 0 Å². The van der Waals surface area contributed by atoms with E-state index in [-0.39, 0.29) is 17.3 Å². The van der Waals surface area contributed by atoms with E-state index >= 15 is 0 Å². The summed E-state index contributed by atoms with van der Waals surface area (Å²) in [6.45, 7) is 6.55. The second-order valence-electron chi connectivity index (χ2n) is 9.47. The number of fused-ring (bicyclic) bond motifs is 5. The Morgan fingerprint density at radius 2 is 1.64 bits per heavy atom. The average molecular weight is 413 g/mol. The van der Waals surface area contributed by atoms with E-state index in [1.54, 1.807) is 6.92 Å². The minimum Gasteiger partial charge on any atom is -0.393 e. The zero-order valence-electron chi connectivity index (χ0n) is 16.9. The molecule has 0 aromatic rings. The van der Waals surface area contributed by atoms with Crippen molar-refractivity contribution in [3.8, 4) is 0 Å². The summed E-state index contributed by atoms with van der Waals surface area (Å²) in [5.74, 6) is 2.38. The summed E-state index contributed by atoms with van der Waals surface area (Å²) in [5, 5.41) is 10.1. The van der Waals surface area contributed by atoms with Gasteiger partial charge >= 0.3 is 10.4 Å². The molecule has 0 bridgehead atoms. The number of aliphatic hydroxyl groups is 1. The molecule has 0 radical (unpaired) electrons. The fourth-order valence-corrected chi connectivity index (χ4v) is 6.75. The summed E-state index contributed by atoms with van der Waals surface area (Å²) < 4.78 is 31.6. The molecule has 0 heterocycles. The molecule has 0 aliphatic heterocycles. The van der Waals surface area contributed by atoms with Crippen LogP contribution in [0.4, 0.5) is 0 Å². The number of hydrogen-bond donors (Lipinski definition) is 3. The maximum atomic E-state index is 12.1. The SMILES string of the molecule is CC(=O)C1=CC[C@H]2[C@@H]3CC=C4CC(O)CC[C@]4(C)[C@H]3CC[C@]12C.O=S(=O)(O)O. The Labute approximate surface area is 167 Å². The van der Waals surface area contributed by atoms with Crippen LogP contribution in [0.5, 0.6) is 0 Å². The van der Waals surface area contributed by atoms with Crippen molar-refractivity contribution in [1.29, 1.82) is 0 Å². The third-order valence-corrected chi connectivity index (χ3v) is 8.04. The summed E-state index contributed by atoms with van der Waals surface area (Å²) in [4.78, 5) is 12.1. The number of aliphatic hydroxyl groups excluding tert-OH is 1. The van der Waals surface area contributed by atoms with Crippen molar-refractivity contribution in [2.45, 2.75) is 71.8 Å². The van der Waals surface area contributed by atoms with Gasteiger partial charge in [-0.1, -0.05) is 31.6 Å². The van der Waals surface area contributed by atoms with Crippen molar-refractivity contribution in [3.63, 3.8) is 0 Å². The molecule has 2 saturated carbocycles. The highest BCUT2D eigenvalue weighted by Crippen LogP contribution is 2.64. The van der Waals surface area contributed by atoms with Gasteiger partial charge in [-0.2, -0.15) is 8.42 Å². The van der Waals surface area contributed by atoms with Crippen molar-refractivity contribution >= 4 is 16.2 Å². The number of allylic oxidation sites excluding steroid dienone is 3. The molecular weight excluding hydrogens is 380 g/mol. The number of rotatable bonds is 1. The molecule has 6 atom stereocenters. The van der Waals surface area contributed by atoms with E-state index in [2.05, 4.69) is 26.0 Å². The van der Waals surface area contributed by atoms with Gasteiger partial charge in [-0.25, -0.2) is 0 Å². The summed E-state index contributed by atoms with van der Waals surface area (Å²) >= 11 is 0. The summed E-state index contributed by atoms with van der Waals surface area (Å²) in [7, 11) is -4.67.